The maximum atomic E-state index is 3.79. The molecule has 0 spiro atoms. The molecular formula is C24H48N6. The summed E-state index contributed by atoms with van der Waals surface area (Å²) in [5, 5.41) is 11.4. The lowest BCUT2D eigenvalue weighted by molar-refractivity contribution is 0.233. The molecule has 0 aromatic heterocycles. The average molecular weight is 421 g/mol. The van der Waals surface area contributed by atoms with Crippen molar-refractivity contribution in [1.82, 2.24) is 30.7 Å². The smallest absolute Gasteiger partial charge is 0.0221 e. The summed E-state index contributed by atoms with van der Waals surface area (Å²) in [6.07, 6.45) is 12.2. The predicted octanol–water partition coefficient (Wildman–Crippen LogP) is 1.33. The molecule has 0 saturated carbocycles. The van der Waals surface area contributed by atoms with E-state index in [9.17, 15) is 0 Å². The van der Waals surface area contributed by atoms with E-state index in [1.54, 1.807) is 0 Å². The van der Waals surface area contributed by atoms with Crippen LogP contribution >= 0.6 is 0 Å². The molecule has 0 unspecified atom stereocenters. The van der Waals surface area contributed by atoms with Crippen molar-refractivity contribution < 1.29 is 0 Å². The van der Waals surface area contributed by atoms with Gasteiger partial charge in [-0.2, -0.15) is 0 Å². The molecule has 3 N–H and O–H groups in total. The van der Waals surface area contributed by atoms with Crippen LogP contribution in [0.15, 0.2) is 0 Å². The first-order valence-electron chi connectivity index (χ1n) is 13.2. The van der Waals surface area contributed by atoms with E-state index in [0.717, 1.165) is 18.1 Å². The van der Waals surface area contributed by atoms with Crippen molar-refractivity contribution in [2.75, 3.05) is 78.5 Å². The van der Waals surface area contributed by atoms with Gasteiger partial charge in [0, 0.05) is 37.8 Å². The summed E-state index contributed by atoms with van der Waals surface area (Å²) in [7, 11) is 0. The van der Waals surface area contributed by atoms with Crippen LogP contribution in [0.5, 0.6) is 0 Å². The van der Waals surface area contributed by atoms with Crippen molar-refractivity contribution in [2.45, 2.75) is 75.9 Å². The molecular weight excluding hydrogens is 372 g/mol. The van der Waals surface area contributed by atoms with E-state index < -0.39 is 0 Å². The van der Waals surface area contributed by atoms with Crippen LogP contribution in [0, 0.1) is 0 Å². The molecule has 0 amide bonds. The van der Waals surface area contributed by atoms with Crippen LogP contribution in [0.4, 0.5) is 0 Å². The normalized spacial score (nSPS) is 35.4. The van der Waals surface area contributed by atoms with Crippen molar-refractivity contribution in [2.24, 2.45) is 0 Å². The average Bonchev–Trinajstić information content (AvgIpc) is 3.49. The molecule has 4 rings (SSSR count). The summed E-state index contributed by atoms with van der Waals surface area (Å²) >= 11 is 0. The molecule has 6 nitrogen and oxygen atoms in total. The van der Waals surface area contributed by atoms with E-state index >= 15 is 0 Å². The van der Waals surface area contributed by atoms with Crippen LogP contribution in [0.3, 0.4) is 0 Å². The van der Waals surface area contributed by atoms with Crippen molar-refractivity contribution in [3.8, 4) is 0 Å². The van der Waals surface area contributed by atoms with Gasteiger partial charge < -0.3 is 16.0 Å². The van der Waals surface area contributed by atoms with Crippen molar-refractivity contribution >= 4 is 0 Å². The van der Waals surface area contributed by atoms with E-state index in [2.05, 4.69) is 30.7 Å². The molecule has 4 saturated heterocycles. The van der Waals surface area contributed by atoms with Gasteiger partial charge in [0.1, 0.15) is 0 Å². The van der Waals surface area contributed by atoms with Crippen LogP contribution in [0.2, 0.25) is 0 Å². The third kappa shape index (κ3) is 6.88. The van der Waals surface area contributed by atoms with Crippen LogP contribution in [0.25, 0.3) is 0 Å². The van der Waals surface area contributed by atoms with Gasteiger partial charge in [-0.25, -0.2) is 0 Å². The van der Waals surface area contributed by atoms with E-state index in [4.69, 9.17) is 0 Å². The minimum absolute atomic E-state index is 0.771. The maximum absolute atomic E-state index is 3.79. The number of hydrogen-bond donors (Lipinski definition) is 3. The fraction of sp³-hybridized carbons (Fsp3) is 1.00. The Balaban J connectivity index is 1.25. The first-order valence-corrected chi connectivity index (χ1v) is 13.2. The van der Waals surface area contributed by atoms with Crippen LogP contribution in [-0.4, -0.2) is 111 Å². The quantitative estimate of drug-likeness (QED) is 0.550. The summed E-state index contributed by atoms with van der Waals surface area (Å²) in [5.74, 6) is 0. The molecule has 0 aromatic carbocycles. The molecule has 4 aliphatic heterocycles. The monoisotopic (exact) mass is 420 g/mol. The highest BCUT2D eigenvalue weighted by atomic mass is 15.2. The van der Waals surface area contributed by atoms with Gasteiger partial charge in [0.15, 0.2) is 0 Å². The molecule has 4 fully saturated rings. The van der Waals surface area contributed by atoms with Crippen LogP contribution < -0.4 is 16.0 Å². The molecule has 4 heterocycles. The largest absolute Gasteiger partial charge is 0.315 e. The van der Waals surface area contributed by atoms with Crippen molar-refractivity contribution in [3.05, 3.63) is 0 Å². The Hall–Kier alpha value is -0.240. The SMILES string of the molecule is C1CNC[C@@H]2CCCN2CCCNC[C@@H]2CCCN2CCCNC[C@@H]2CCCN2C1. The Morgan fingerprint density at radius 2 is 0.700 bits per heavy atom. The summed E-state index contributed by atoms with van der Waals surface area (Å²) < 4.78 is 0. The molecule has 0 radical (unpaired) electrons. The molecule has 174 valence electrons. The zero-order chi connectivity index (χ0) is 20.4. The number of nitrogens with one attached hydrogen (secondary N) is 3. The predicted molar refractivity (Wildman–Crippen MR) is 126 cm³/mol. The lowest BCUT2D eigenvalue weighted by Gasteiger charge is -2.26. The van der Waals surface area contributed by atoms with Gasteiger partial charge in [0.05, 0.1) is 0 Å². The van der Waals surface area contributed by atoms with Crippen LogP contribution in [0.1, 0.15) is 57.8 Å². The van der Waals surface area contributed by atoms with E-state index in [1.165, 1.54) is 136 Å². The number of hydrogen-bond acceptors (Lipinski definition) is 6. The Morgan fingerprint density at radius 1 is 0.400 bits per heavy atom. The fourth-order valence-electron chi connectivity index (χ4n) is 6.29. The third-order valence-corrected chi connectivity index (χ3v) is 8.03. The topological polar surface area (TPSA) is 45.8 Å². The van der Waals surface area contributed by atoms with Crippen molar-refractivity contribution in [1.29, 1.82) is 0 Å². The highest BCUT2D eigenvalue weighted by Crippen LogP contribution is 2.19. The maximum Gasteiger partial charge on any atom is 0.0221 e. The van der Waals surface area contributed by atoms with Gasteiger partial charge in [-0.3, -0.25) is 14.7 Å². The lowest BCUT2D eigenvalue weighted by atomic mass is 10.2. The van der Waals surface area contributed by atoms with Gasteiger partial charge in [0.25, 0.3) is 0 Å². The standard InChI is InChI=1S/C24H48N6/c1-7-22-19-25-11-5-17-29-14-3-9-24(29)21-27-12-6-18-30-15-2-8-23(30)20-26-10-4-16-28(22)13-1/h22-27H,1-21H2/t22-,23-,24-/m0/s1. The minimum atomic E-state index is 0.771. The lowest BCUT2D eigenvalue weighted by Crippen LogP contribution is -2.41. The van der Waals surface area contributed by atoms with E-state index in [0.29, 0.717) is 0 Å². The van der Waals surface area contributed by atoms with Gasteiger partial charge in [-0.05, 0) is 117 Å². The summed E-state index contributed by atoms with van der Waals surface area (Å²) in [6, 6.07) is 2.31. The molecule has 30 heavy (non-hydrogen) atoms. The molecule has 6 heteroatoms. The van der Waals surface area contributed by atoms with E-state index in [-0.39, 0.29) is 0 Å². The Morgan fingerprint density at radius 3 is 1.03 bits per heavy atom. The highest BCUT2D eigenvalue weighted by Gasteiger charge is 2.26. The molecule has 0 aliphatic carbocycles. The van der Waals surface area contributed by atoms with E-state index in [1.807, 2.05) is 0 Å². The fourth-order valence-corrected chi connectivity index (χ4v) is 6.29. The molecule has 0 aromatic rings. The van der Waals surface area contributed by atoms with Gasteiger partial charge in [-0.15, -0.1) is 0 Å². The van der Waals surface area contributed by atoms with Gasteiger partial charge in [0.2, 0.25) is 0 Å². The number of nitrogens with zero attached hydrogens (tertiary/aromatic N) is 3. The molecule has 0 bridgehead atoms. The van der Waals surface area contributed by atoms with Gasteiger partial charge in [-0.1, -0.05) is 0 Å². The zero-order valence-corrected chi connectivity index (χ0v) is 19.4. The Kier molecular flexibility index (Phi) is 9.72. The Labute approximate surface area is 185 Å². The highest BCUT2D eigenvalue weighted by molar-refractivity contribution is 4.84. The van der Waals surface area contributed by atoms with Gasteiger partial charge >= 0.3 is 0 Å². The Bertz CT molecular complexity index is 372. The number of fused-ring (bicyclic) bond motifs is 3. The second-order valence-electron chi connectivity index (χ2n) is 10.2. The molecule has 4 aliphatic rings. The number of rotatable bonds is 0. The summed E-state index contributed by atoms with van der Waals surface area (Å²) in [4.78, 5) is 8.25. The molecule has 3 atom stereocenters. The zero-order valence-electron chi connectivity index (χ0n) is 19.4. The first kappa shape index (κ1) is 22.9. The second-order valence-corrected chi connectivity index (χ2v) is 10.2. The third-order valence-electron chi connectivity index (χ3n) is 8.03. The summed E-state index contributed by atoms with van der Waals surface area (Å²) in [6.45, 7) is 14.9. The first-order chi connectivity index (χ1) is 14.9. The second kappa shape index (κ2) is 12.7. The van der Waals surface area contributed by atoms with Crippen molar-refractivity contribution in [3.63, 3.8) is 0 Å². The summed E-state index contributed by atoms with van der Waals surface area (Å²) in [5.41, 5.74) is 0. The van der Waals surface area contributed by atoms with Crippen LogP contribution in [-0.2, 0) is 0 Å². The minimum Gasteiger partial charge on any atom is -0.315 e.